The van der Waals surface area contributed by atoms with Crippen LogP contribution in [-0.4, -0.2) is 53.8 Å². The Labute approximate surface area is 233 Å². The summed E-state index contributed by atoms with van der Waals surface area (Å²) in [6.45, 7) is 3.35. The largest absolute Gasteiger partial charge is 0.507 e. The number of carbonyl (C=O) groups is 2. The molecule has 0 saturated carbocycles. The molecule has 3 aromatic rings. The Morgan fingerprint density at radius 1 is 1.00 bits per heavy atom. The molecule has 0 radical (unpaired) electrons. The molecule has 1 heterocycles. The third-order valence-corrected chi connectivity index (χ3v) is 7.23. The van der Waals surface area contributed by atoms with Gasteiger partial charge in [-0.1, -0.05) is 59.6 Å². The van der Waals surface area contributed by atoms with E-state index in [1.807, 2.05) is 56.3 Å². The molecular formula is C30H30Cl2N2O4. The fourth-order valence-corrected chi connectivity index (χ4v) is 4.85. The minimum atomic E-state index is -0.791. The van der Waals surface area contributed by atoms with E-state index in [-0.39, 0.29) is 11.3 Å². The van der Waals surface area contributed by atoms with Gasteiger partial charge in [0.2, 0.25) is 0 Å². The van der Waals surface area contributed by atoms with Crippen LogP contribution in [0.3, 0.4) is 0 Å². The minimum Gasteiger partial charge on any atom is -0.507 e. The summed E-state index contributed by atoms with van der Waals surface area (Å²) in [7, 11) is 3.89. The molecule has 6 nitrogen and oxygen atoms in total. The number of Topliss-reactive ketones (excluding diaryl/α,β-unsaturated/α-hetero) is 1. The van der Waals surface area contributed by atoms with Gasteiger partial charge in [-0.3, -0.25) is 9.59 Å². The number of nitrogens with zero attached hydrogens (tertiary/aromatic N) is 2. The van der Waals surface area contributed by atoms with Gasteiger partial charge in [-0.15, -0.1) is 0 Å². The number of ether oxygens (including phenoxy) is 1. The summed E-state index contributed by atoms with van der Waals surface area (Å²) < 4.78 is 5.96. The Hall–Kier alpha value is -3.32. The van der Waals surface area contributed by atoms with E-state index >= 15 is 0 Å². The number of aryl methyl sites for hydroxylation is 1. The molecule has 1 aliphatic rings. The summed E-state index contributed by atoms with van der Waals surface area (Å²) in [5.41, 5.74) is 2.87. The Balaban J connectivity index is 1.70. The third-order valence-electron chi connectivity index (χ3n) is 6.49. The lowest BCUT2D eigenvalue weighted by Crippen LogP contribution is -2.32. The first kappa shape index (κ1) is 27.7. The average Bonchev–Trinajstić information content (AvgIpc) is 3.14. The van der Waals surface area contributed by atoms with Gasteiger partial charge in [0.15, 0.2) is 0 Å². The number of hydrogen-bond donors (Lipinski definition) is 1. The van der Waals surface area contributed by atoms with Gasteiger partial charge >= 0.3 is 0 Å². The zero-order valence-corrected chi connectivity index (χ0v) is 23.1. The number of carbonyl (C=O) groups excluding carboxylic acids is 2. The Kier molecular flexibility index (Phi) is 8.77. The first-order valence-corrected chi connectivity index (χ1v) is 13.1. The van der Waals surface area contributed by atoms with Gasteiger partial charge in [-0.25, -0.2) is 0 Å². The van der Waals surface area contributed by atoms with Crippen LogP contribution in [0.1, 0.15) is 34.7 Å². The van der Waals surface area contributed by atoms with E-state index in [0.717, 1.165) is 17.7 Å². The lowest BCUT2D eigenvalue weighted by Gasteiger charge is -2.26. The Bertz CT molecular complexity index is 1370. The number of ketones is 1. The highest BCUT2D eigenvalue weighted by molar-refractivity contribution is 6.46. The fourth-order valence-electron chi connectivity index (χ4n) is 4.55. The molecule has 1 amide bonds. The molecule has 198 valence electrons. The molecule has 1 saturated heterocycles. The maximum absolute atomic E-state index is 13.3. The van der Waals surface area contributed by atoms with E-state index in [1.54, 1.807) is 36.4 Å². The Morgan fingerprint density at radius 2 is 1.74 bits per heavy atom. The number of halogens is 2. The van der Waals surface area contributed by atoms with Crippen molar-refractivity contribution in [2.24, 2.45) is 0 Å². The van der Waals surface area contributed by atoms with E-state index in [0.29, 0.717) is 46.5 Å². The predicted molar refractivity (Wildman–Crippen MR) is 151 cm³/mol. The van der Waals surface area contributed by atoms with Gasteiger partial charge in [0.25, 0.3) is 11.7 Å². The van der Waals surface area contributed by atoms with Crippen LogP contribution in [-0.2, 0) is 16.2 Å². The fraction of sp³-hybridized carbons (Fsp3) is 0.267. The average molecular weight is 553 g/mol. The van der Waals surface area contributed by atoms with E-state index in [9.17, 15) is 14.7 Å². The van der Waals surface area contributed by atoms with Crippen molar-refractivity contribution in [1.82, 2.24) is 9.80 Å². The van der Waals surface area contributed by atoms with Crippen LogP contribution in [0.2, 0.25) is 10.0 Å². The topological polar surface area (TPSA) is 70.1 Å². The molecule has 1 aliphatic heterocycles. The number of likely N-dealkylation sites (tertiary alicyclic amines) is 1. The van der Waals surface area contributed by atoms with Crippen LogP contribution in [0.25, 0.3) is 5.76 Å². The number of amides is 1. The molecule has 38 heavy (non-hydrogen) atoms. The smallest absolute Gasteiger partial charge is 0.295 e. The van der Waals surface area contributed by atoms with Crippen LogP contribution in [0.4, 0.5) is 0 Å². The zero-order valence-electron chi connectivity index (χ0n) is 21.6. The highest BCUT2D eigenvalue weighted by Crippen LogP contribution is 2.41. The molecule has 1 N–H and O–H groups in total. The predicted octanol–water partition coefficient (Wildman–Crippen LogP) is 6.25. The van der Waals surface area contributed by atoms with Crippen molar-refractivity contribution < 1.29 is 19.4 Å². The molecular weight excluding hydrogens is 523 g/mol. The summed E-state index contributed by atoms with van der Waals surface area (Å²) in [6, 6.07) is 19.2. The van der Waals surface area contributed by atoms with E-state index in [2.05, 4.69) is 0 Å². The van der Waals surface area contributed by atoms with Gasteiger partial charge in [-0.2, -0.15) is 0 Å². The monoisotopic (exact) mass is 552 g/mol. The number of aliphatic hydroxyl groups excluding tert-OH is 1. The summed E-state index contributed by atoms with van der Waals surface area (Å²) in [5.74, 6) is -0.964. The number of aliphatic hydroxyl groups is 1. The molecule has 0 unspecified atom stereocenters. The minimum absolute atomic E-state index is 0.0237. The molecule has 0 bridgehead atoms. The van der Waals surface area contributed by atoms with Gasteiger partial charge in [0.05, 0.1) is 21.7 Å². The quantitative estimate of drug-likeness (QED) is 0.193. The lowest BCUT2D eigenvalue weighted by molar-refractivity contribution is -0.139. The van der Waals surface area contributed by atoms with Crippen LogP contribution in [0, 0.1) is 6.92 Å². The van der Waals surface area contributed by atoms with E-state index in [1.165, 1.54) is 4.90 Å². The number of rotatable bonds is 9. The molecule has 1 atom stereocenters. The van der Waals surface area contributed by atoms with Gasteiger partial charge in [0, 0.05) is 12.1 Å². The maximum Gasteiger partial charge on any atom is 0.295 e. The molecule has 0 spiro atoms. The van der Waals surface area contributed by atoms with Crippen LogP contribution >= 0.6 is 23.2 Å². The van der Waals surface area contributed by atoms with E-state index in [4.69, 9.17) is 27.9 Å². The standard InChI is InChI=1S/C30H30Cl2N2O4/c1-19-16-22(11-13-25(19)38-18-20-8-5-4-6-9-20)28(35)26-27(21-10-12-23(31)24(32)17-21)34(30(37)29(26)36)15-7-14-33(2)3/h4-6,8-13,16-17,27,35H,7,14-15,18H2,1-3H3/t27-/m0/s1. The van der Waals surface area contributed by atoms with Gasteiger partial charge in [0.1, 0.15) is 18.1 Å². The maximum atomic E-state index is 13.3. The normalized spacial score (nSPS) is 16.9. The van der Waals surface area contributed by atoms with Gasteiger partial charge in [-0.05, 0) is 81.0 Å². The lowest BCUT2D eigenvalue weighted by atomic mass is 9.94. The highest BCUT2D eigenvalue weighted by Gasteiger charge is 2.46. The molecule has 4 rings (SSSR count). The summed E-state index contributed by atoms with van der Waals surface area (Å²) in [6.07, 6.45) is 0.657. The van der Waals surface area contributed by atoms with Gasteiger partial charge < -0.3 is 19.6 Å². The molecule has 1 fully saturated rings. The second kappa shape index (κ2) is 12.0. The first-order chi connectivity index (χ1) is 18.2. The molecule has 0 aliphatic carbocycles. The van der Waals surface area contributed by atoms with Crippen molar-refractivity contribution in [2.45, 2.75) is 26.0 Å². The molecule has 8 heteroatoms. The van der Waals surface area contributed by atoms with E-state index < -0.39 is 17.7 Å². The van der Waals surface area contributed by atoms with Crippen molar-refractivity contribution in [3.63, 3.8) is 0 Å². The summed E-state index contributed by atoms with van der Waals surface area (Å²) >= 11 is 12.4. The number of hydrogen-bond acceptors (Lipinski definition) is 5. The second-order valence-electron chi connectivity index (χ2n) is 9.58. The van der Waals surface area contributed by atoms with Crippen molar-refractivity contribution >= 4 is 40.7 Å². The molecule has 3 aromatic carbocycles. The summed E-state index contributed by atoms with van der Waals surface area (Å²) in [5, 5.41) is 12.1. The zero-order chi connectivity index (χ0) is 27.4. The summed E-state index contributed by atoms with van der Waals surface area (Å²) in [4.78, 5) is 29.9. The highest BCUT2D eigenvalue weighted by atomic mass is 35.5. The third kappa shape index (κ3) is 6.04. The second-order valence-corrected chi connectivity index (χ2v) is 10.4. The van der Waals surface area contributed by atoms with Crippen molar-refractivity contribution in [3.8, 4) is 5.75 Å². The van der Waals surface area contributed by atoms with Crippen molar-refractivity contribution in [2.75, 3.05) is 27.2 Å². The van der Waals surface area contributed by atoms with Crippen molar-refractivity contribution in [1.29, 1.82) is 0 Å². The SMILES string of the molecule is Cc1cc(C(O)=C2C(=O)C(=O)N(CCCN(C)C)[C@H]2c2ccc(Cl)c(Cl)c2)ccc1OCc1ccccc1. The van der Waals surface area contributed by atoms with Crippen LogP contribution < -0.4 is 4.74 Å². The van der Waals surface area contributed by atoms with Crippen LogP contribution in [0.15, 0.2) is 72.3 Å². The molecule has 0 aromatic heterocycles. The first-order valence-electron chi connectivity index (χ1n) is 12.3. The Morgan fingerprint density at radius 3 is 2.39 bits per heavy atom. The number of benzene rings is 3. The van der Waals surface area contributed by atoms with Crippen molar-refractivity contribution in [3.05, 3.63) is 105 Å². The van der Waals surface area contributed by atoms with Crippen LogP contribution in [0.5, 0.6) is 5.75 Å².